The zero-order valence-electron chi connectivity index (χ0n) is 17.8. The van der Waals surface area contributed by atoms with E-state index in [9.17, 15) is 4.39 Å². The van der Waals surface area contributed by atoms with Gasteiger partial charge in [-0.05, 0) is 69.7 Å². The van der Waals surface area contributed by atoms with Gasteiger partial charge in [0.05, 0.1) is 30.5 Å². The highest BCUT2D eigenvalue weighted by molar-refractivity contribution is 6.31. The third-order valence-corrected chi connectivity index (χ3v) is 6.62. The van der Waals surface area contributed by atoms with Crippen molar-refractivity contribution >= 4 is 22.5 Å². The Kier molecular flexibility index (Phi) is 6.29. The normalized spacial score (nSPS) is 17.5. The summed E-state index contributed by atoms with van der Waals surface area (Å²) < 4.78 is 21.7. The molecule has 31 heavy (non-hydrogen) atoms. The standard InChI is InChI=1S/C24H26ClFN4O/c1-17(22-14-20(25)13-18-15-28-30(12-9-27)23(18)22)31-16-24(7-10-29(2)11-8-24)19-3-5-21(26)6-4-19/h3-6,13-15,17H,7-8,10-12,16H2,1-2H3/t17-/m1/s1. The molecule has 4 rings (SSSR count). The number of fused-ring (bicyclic) bond motifs is 1. The molecule has 1 fully saturated rings. The fraction of sp³-hybridized carbons (Fsp3) is 0.417. The number of hydrogen-bond donors (Lipinski definition) is 0. The molecule has 1 saturated heterocycles. The lowest BCUT2D eigenvalue weighted by Crippen LogP contribution is -2.44. The second-order valence-corrected chi connectivity index (χ2v) is 8.87. The molecule has 1 aliphatic heterocycles. The molecule has 0 N–H and O–H groups in total. The first-order valence-corrected chi connectivity index (χ1v) is 10.9. The first kappa shape index (κ1) is 21.8. The molecular weight excluding hydrogens is 415 g/mol. The van der Waals surface area contributed by atoms with Gasteiger partial charge in [0, 0.05) is 21.4 Å². The SMILES string of the molecule is C[C@@H](OCC1(c2ccc(F)cc2)CCN(C)CC1)c1cc(Cl)cc2cnn(CC#N)c12. The Morgan fingerprint density at radius 3 is 2.65 bits per heavy atom. The monoisotopic (exact) mass is 440 g/mol. The van der Waals surface area contributed by atoms with Crippen LogP contribution in [0.3, 0.4) is 0 Å². The summed E-state index contributed by atoms with van der Waals surface area (Å²) in [6.45, 7) is 4.61. The molecule has 0 amide bonds. The van der Waals surface area contributed by atoms with E-state index in [0.29, 0.717) is 11.6 Å². The van der Waals surface area contributed by atoms with Crippen molar-refractivity contribution in [3.63, 3.8) is 0 Å². The highest BCUT2D eigenvalue weighted by atomic mass is 35.5. The van der Waals surface area contributed by atoms with Crippen molar-refractivity contribution < 1.29 is 9.13 Å². The molecule has 7 heteroatoms. The molecule has 0 spiro atoms. The van der Waals surface area contributed by atoms with Gasteiger partial charge < -0.3 is 9.64 Å². The van der Waals surface area contributed by atoms with E-state index in [0.717, 1.165) is 48.0 Å². The first-order chi connectivity index (χ1) is 14.9. The summed E-state index contributed by atoms with van der Waals surface area (Å²) in [6, 6.07) is 12.7. The fourth-order valence-electron chi connectivity index (χ4n) is 4.47. The molecule has 0 radical (unpaired) electrons. The number of aromatic nitrogens is 2. The van der Waals surface area contributed by atoms with E-state index in [4.69, 9.17) is 21.6 Å². The lowest BCUT2D eigenvalue weighted by atomic mass is 9.73. The van der Waals surface area contributed by atoms with Crippen LogP contribution >= 0.6 is 11.6 Å². The Labute approximate surface area is 187 Å². The molecule has 0 bridgehead atoms. The van der Waals surface area contributed by atoms with E-state index < -0.39 is 0 Å². The van der Waals surface area contributed by atoms with Gasteiger partial charge in [0.2, 0.25) is 0 Å². The lowest BCUT2D eigenvalue weighted by molar-refractivity contribution is 0.00689. The van der Waals surface area contributed by atoms with Gasteiger partial charge in [-0.3, -0.25) is 4.68 Å². The molecule has 3 aromatic rings. The van der Waals surface area contributed by atoms with Crippen LogP contribution in [0.2, 0.25) is 5.02 Å². The van der Waals surface area contributed by atoms with Gasteiger partial charge in [0.1, 0.15) is 12.4 Å². The van der Waals surface area contributed by atoms with Crippen molar-refractivity contribution in [3.05, 3.63) is 64.6 Å². The topological polar surface area (TPSA) is 54.1 Å². The first-order valence-electron chi connectivity index (χ1n) is 10.5. The van der Waals surface area contributed by atoms with Gasteiger partial charge in [-0.25, -0.2) is 4.39 Å². The van der Waals surface area contributed by atoms with Crippen LogP contribution in [0.4, 0.5) is 4.39 Å². The quantitative estimate of drug-likeness (QED) is 0.535. The predicted molar refractivity (Wildman–Crippen MR) is 120 cm³/mol. The van der Waals surface area contributed by atoms with Gasteiger partial charge in [0.15, 0.2) is 0 Å². The minimum Gasteiger partial charge on any atom is -0.373 e. The second-order valence-electron chi connectivity index (χ2n) is 8.44. The average molecular weight is 441 g/mol. The van der Waals surface area contributed by atoms with Gasteiger partial charge in [-0.15, -0.1) is 0 Å². The van der Waals surface area contributed by atoms with Gasteiger partial charge in [0.25, 0.3) is 0 Å². The number of halogens is 2. The summed E-state index contributed by atoms with van der Waals surface area (Å²) in [5.74, 6) is -0.229. The van der Waals surface area contributed by atoms with Gasteiger partial charge >= 0.3 is 0 Å². The van der Waals surface area contributed by atoms with Gasteiger partial charge in [-0.1, -0.05) is 23.7 Å². The smallest absolute Gasteiger partial charge is 0.128 e. The van der Waals surface area contributed by atoms with Crippen LogP contribution in [0.1, 0.15) is 37.0 Å². The van der Waals surface area contributed by atoms with Crippen LogP contribution in [0.5, 0.6) is 0 Å². The Morgan fingerprint density at radius 2 is 1.97 bits per heavy atom. The highest BCUT2D eigenvalue weighted by Gasteiger charge is 2.36. The van der Waals surface area contributed by atoms with Crippen molar-refractivity contribution in [2.45, 2.75) is 37.8 Å². The number of nitriles is 1. The van der Waals surface area contributed by atoms with E-state index in [1.54, 1.807) is 10.9 Å². The second kappa shape index (κ2) is 8.96. The molecule has 162 valence electrons. The maximum absolute atomic E-state index is 13.5. The molecule has 2 heterocycles. The number of nitrogens with zero attached hydrogens (tertiary/aromatic N) is 4. The van der Waals surface area contributed by atoms with E-state index in [-0.39, 0.29) is 23.9 Å². The van der Waals surface area contributed by atoms with Gasteiger partial charge in [-0.2, -0.15) is 10.4 Å². The molecule has 1 atom stereocenters. The maximum atomic E-state index is 13.5. The Morgan fingerprint density at radius 1 is 1.26 bits per heavy atom. The minimum atomic E-state index is -0.243. The molecule has 0 unspecified atom stereocenters. The largest absolute Gasteiger partial charge is 0.373 e. The van der Waals surface area contributed by atoms with Crippen LogP contribution < -0.4 is 0 Å². The van der Waals surface area contributed by atoms with Crippen molar-refractivity contribution in [2.75, 3.05) is 26.7 Å². The number of likely N-dealkylation sites (tertiary alicyclic amines) is 1. The molecule has 1 aliphatic rings. The summed E-state index contributed by atoms with van der Waals surface area (Å²) in [4.78, 5) is 2.31. The van der Waals surface area contributed by atoms with E-state index >= 15 is 0 Å². The van der Waals surface area contributed by atoms with Crippen LogP contribution in [0.25, 0.3) is 10.9 Å². The summed E-state index contributed by atoms with van der Waals surface area (Å²) >= 11 is 6.36. The Hall–Kier alpha value is -2.46. The zero-order chi connectivity index (χ0) is 22.0. The predicted octanol–water partition coefficient (Wildman–Crippen LogP) is 5.09. The van der Waals surface area contributed by atoms with Crippen molar-refractivity contribution in [2.24, 2.45) is 0 Å². The fourth-order valence-corrected chi connectivity index (χ4v) is 4.70. The molecule has 2 aromatic carbocycles. The average Bonchev–Trinajstić information content (AvgIpc) is 3.16. The van der Waals surface area contributed by atoms with Crippen LogP contribution in [-0.2, 0) is 16.7 Å². The molecule has 5 nitrogen and oxygen atoms in total. The summed E-state index contributed by atoms with van der Waals surface area (Å²) in [5.41, 5.74) is 2.73. The van der Waals surface area contributed by atoms with E-state index in [1.165, 1.54) is 12.1 Å². The Balaban J connectivity index is 1.63. The zero-order valence-corrected chi connectivity index (χ0v) is 18.6. The molecule has 0 aliphatic carbocycles. The molecule has 1 aromatic heterocycles. The molecular formula is C24H26ClFN4O. The van der Waals surface area contributed by atoms with Crippen LogP contribution in [0, 0.1) is 17.1 Å². The number of rotatable bonds is 6. The van der Waals surface area contributed by atoms with Crippen LogP contribution in [0.15, 0.2) is 42.6 Å². The number of hydrogen-bond acceptors (Lipinski definition) is 4. The number of piperidine rings is 1. The summed E-state index contributed by atoms with van der Waals surface area (Å²) in [6.07, 6.45) is 3.37. The third kappa shape index (κ3) is 4.45. The summed E-state index contributed by atoms with van der Waals surface area (Å²) in [5, 5.41) is 15.0. The molecule has 0 saturated carbocycles. The lowest BCUT2D eigenvalue weighted by Gasteiger charge is -2.41. The van der Waals surface area contributed by atoms with E-state index in [1.807, 2.05) is 31.2 Å². The summed E-state index contributed by atoms with van der Waals surface area (Å²) in [7, 11) is 2.12. The number of ether oxygens (including phenoxy) is 1. The van der Waals surface area contributed by atoms with Crippen molar-refractivity contribution in [1.29, 1.82) is 5.26 Å². The van der Waals surface area contributed by atoms with Crippen molar-refractivity contribution in [3.8, 4) is 6.07 Å². The minimum absolute atomic E-state index is 0.163. The Bertz CT molecular complexity index is 1100. The van der Waals surface area contributed by atoms with Crippen LogP contribution in [-0.4, -0.2) is 41.4 Å². The number of benzene rings is 2. The third-order valence-electron chi connectivity index (χ3n) is 6.40. The highest BCUT2D eigenvalue weighted by Crippen LogP contribution is 2.38. The van der Waals surface area contributed by atoms with Crippen molar-refractivity contribution in [1.82, 2.24) is 14.7 Å². The maximum Gasteiger partial charge on any atom is 0.128 e. The van der Waals surface area contributed by atoms with E-state index in [2.05, 4.69) is 23.1 Å².